The smallest absolute Gasteiger partial charge is 0.159 e. The monoisotopic (exact) mass is 391 g/mol. The quantitative estimate of drug-likeness (QED) is 0.446. The van der Waals surface area contributed by atoms with E-state index in [1.165, 1.54) is 26.8 Å². The van der Waals surface area contributed by atoms with Gasteiger partial charge in [-0.15, -0.1) is 11.3 Å². The molecule has 0 fully saturated rings. The molecule has 1 aliphatic rings. The number of hydrogen-bond acceptors (Lipinski definition) is 4. The Bertz CT molecular complexity index is 1120. The molecule has 0 radical (unpaired) electrons. The van der Waals surface area contributed by atoms with Crippen LogP contribution in [0.2, 0.25) is 4.34 Å². The summed E-state index contributed by atoms with van der Waals surface area (Å²) in [4.78, 5) is 11.2. The Labute approximate surface area is 167 Å². The van der Waals surface area contributed by atoms with E-state index in [0.29, 0.717) is 5.92 Å². The number of likely N-dealkylation sites (N-methyl/N-ethyl adjacent to an activating group) is 1. The standard InChI is InChI=1S/C22H18ClN3S/c1-26-12-17-9-16(22-24-7-2-8-25-22)5-6-18(17)19(13-26)14-3-4-15-11-21(23)27-20(15)10-14/h2-11,19H,12-13H2,1H3. The van der Waals surface area contributed by atoms with Gasteiger partial charge in [0.1, 0.15) is 0 Å². The van der Waals surface area contributed by atoms with Crippen molar-refractivity contribution in [1.29, 1.82) is 0 Å². The second-order valence-corrected chi connectivity index (χ2v) is 8.80. The molecule has 0 saturated heterocycles. The molecule has 0 bridgehead atoms. The number of nitrogens with zero attached hydrogens (tertiary/aromatic N) is 3. The molecule has 0 amide bonds. The van der Waals surface area contributed by atoms with Gasteiger partial charge in [-0.05, 0) is 53.4 Å². The van der Waals surface area contributed by atoms with Crippen LogP contribution in [0.5, 0.6) is 0 Å². The van der Waals surface area contributed by atoms with E-state index in [4.69, 9.17) is 11.6 Å². The Kier molecular flexibility index (Phi) is 4.20. The van der Waals surface area contributed by atoms with E-state index in [9.17, 15) is 0 Å². The van der Waals surface area contributed by atoms with Gasteiger partial charge in [-0.2, -0.15) is 0 Å². The first-order valence-electron chi connectivity index (χ1n) is 8.95. The predicted octanol–water partition coefficient (Wildman–Crippen LogP) is 5.59. The van der Waals surface area contributed by atoms with Crippen LogP contribution >= 0.6 is 22.9 Å². The molecule has 5 rings (SSSR count). The van der Waals surface area contributed by atoms with Gasteiger partial charge in [-0.1, -0.05) is 35.9 Å². The SMILES string of the molecule is CN1Cc2cc(-c3ncccn3)ccc2C(c2ccc3cc(Cl)sc3c2)C1. The molecule has 0 spiro atoms. The molecule has 1 atom stereocenters. The van der Waals surface area contributed by atoms with Crippen LogP contribution in [0.1, 0.15) is 22.6 Å². The summed E-state index contributed by atoms with van der Waals surface area (Å²) in [5.41, 5.74) is 5.17. The van der Waals surface area contributed by atoms with E-state index in [-0.39, 0.29) is 0 Å². The number of aromatic nitrogens is 2. The molecule has 0 N–H and O–H groups in total. The maximum Gasteiger partial charge on any atom is 0.159 e. The van der Waals surface area contributed by atoms with E-state index >= 15 is 0 Å². The summed E-state index contributed by atoms with van der Waals surface area (Å²) in [5, 5.41) is 1.22. The number of hydrogen-bond donors (Lipinski definition) is 0. The van der Waals surface area contributed by atoms with Crippen molar-refractivity contribution in [3.8, 4) is 11.4 Å². The van der Waals surface area contributed by atoms with Crippen molar-refractivity contribution >= 4 is 33.0 Å². The first kappa shape index (κ1) is 16.9. The predicted molar refractivity (Wildman–Crippen MR) is 112 cm³/mol. The topological polar surface area (TPSA) is 29.0 Å². The molecule has 5 heteroatoms. The average Bonchev–Trinajstić information content (AvgIpc) is 3.06. The van der Waals surface area contributed by atoms with Crippen LogP contribution in [0.15, 0.2) is 60.9 Å². The Balaban J connectivity index is 1.59. The minimum absolute atomic E-state index is 0.356. The number of halogens is 1. The van der Waals surface area contributed by atoms with Crippen LogP contribution in [0.4, 0.5) is 0 Å². The fourth-order valence-corrected chi connectivity index (χ4v) is 5.16. The maximum atomic E-state index is 6.20. The highest BCUT2D eigenvalue weighted by molar-refractivity contribution is 7.22. The molecule has 1 unspecified atom stereocenters. The highest BCUT2D eigenvalue weighted by atomic mass is 35.5. The van der Waals surface area contributed by atoms with Crippen molar-refractivity contribution in [3.63, 3.8) is 0 Å². The molecule has 0 saturated carbocycles. The largest absolute Gasteiger partial charge is 0.301 e. The molecule has 0 aliphatic carbocycles. The number of thiophene rings is 1. The highest BCUT2D eigenvalue weighted by Crippen LogP contribution is 2.38. The number of fused-ring (bicyclic) bond motifs is 2. The van der Waals surface area contributed by atoms with E-state index < -0.39 is 0 Å². The van der Waals surface area contributed by atoms with Crippen molar-refractivity contribution in [1.82, 2.24) is 14.9 Å². The van der Waals surface area contributed by atoms with Crippen LogP contribution < -0.4 is 0 Å². The lowest BCUT2D eigenvalue weighted by Crippen LogP contribution is -2.31. The number of benzene rings is 2. The minimum atomic E-state index is 0.356. The first-order chi connectivity index (χ1) is 13.2. The van der Waals surface area contributed by atoms with Crippen LogP contribution in [0.3, 0.4) is 0 Å². The third kappa shape index (κ3) is 3.14. The molecule has 27 heavy (non-hydrogen) atoms. The van der Waals surface area contributed by atoms with Gasteiger partial charge in [0.05, 0.1) is 4.34 Å². The molecule has 2 aromatic heterocycles. The average molecular weight is 392 g/mol. The molecular weight excluding hydrogens is 374 g/mol. The fourth-order valence-electron chi connectivity index (χ4n) is 3.95. The molecular formula is C22H18ClN3S. The molecule has 3 nitrogen and oxygen atoms in total. The Morgan fingerprint density at radius 1 is 1.07 bits per heavy atom. The minimum Gasteiger partial charge on any atom is -0.301 e. The Morgan fingerprint density at radius 3 is 2.78 bits per heavy atom. The van der Waals surface area contributed by atoms with E-state index in [1.807, 2.05) is 12.1 Å². The van der Waals surface area contributed by atoms with Gasteiger partial charge in [-0.25, -0.2) is 9.97 Å². The summed E-state index contributed by atoms with van der Waals surface area (Å²) in [5.74, 6) is 1.13. The summed E-state index contributed by atoms with van der Waals surface area (Å²) in [6, 6.07) is 17.3. The first-order valence-corrected chi connectivity index (χ1v) is 10.1. The lowest BCUT2D eigenvalue weighted by Gasteiger charge is -2.33. The van der Waals surface area contributed by atoms with Gasteiger partial charge >= 0.3 is 0 Å². The third-order valence-electron chi connectivity index (χ3n) is 5.19. The normalized spacial score (nSPS) is 17.2. The Hall–Kier alpha value is -2.27. The zero-order valence-corrected chi connectivity index (χ0v) is 16.5. The van der Waals surface area contributed by atoms with Crippen LogP contribution in [0, 0.1) is 0 Å². The van der Waals surface area contributed by atoms with Crippen molar-refractivity contribution in [3.05, 3.63) is 82.0 Å². The molecule has 4 aromatic rings. The molecule has 134 valence electrons. The van der Waals surface area contributed by atoms with Gasteiger partial charge in [0.2, 0.25) is 0 Å². The number of rotatable bonds is 2. The molecule has 2 aromatic carbocycles. The van der Waals surface area contributed by atoms with Gasteiger partial charge < -0.3 is 4.90 Å². The summed E-state index contributed by atoms with van der Waals surface area (Å²) >= 11 is 7.85. The lowest BCUT2D eigenvalue weighted by molar-refractivity contribution is 0.295. The zero-order valence-electron chi connectivity index (χ0n) is 14.9. The van der Waals surface area contributed by atoms with E-state index in [1.54, 1.807) is 23.7 Å². The van der Waals surface area contributed by atoms with Crippen LogP contribution in [0.25, 0.3) is 21.5 Å². The van der Waals surface area contributed by atoms with E-state index in [0.717, 1.165) is 28.8 Å². The summed E-state index contributed by atoms with van der Waals surface area (Å²) < 4.78 is 2.09. The van der Waals surface area contributed by atoms with Gasteiger partial charge in [0, 0.05) is 41.7 Å². The van der Waals surface area contributed by atoms with Crippen molar-refractivity contribution in [2.24, 2.45) is 0 Å². The fraction of sp³-hybridized carbons (Fsp3) is 0.182. The maximum absolute atomic E-state index is 6.20. The second kappa shape index (κ2) is 6.71. The summed E-state index contributed by atoms with van der Waals surface area (Å²) in [7, 11) is 2.18. The van der Waals surface area contributed by atoms with Gasteiger partial charge in [0.25, 0.3) is 0 Å². The third-order valence-corrected chi connectivity index (χ3v) is 6.42. The van der Waals surface area contributed by atoms with E-state index in [2.05, 4.69) is 58.3 Å². The zero-order chi connectivity index (χ0) is 18.4. The summed E-state index contributed by atoms with van der Waals surface area (Å²) in [6.45, 7) is 1.96. The second-order valence-electron chi connectivity index (χ2n) is 7.08. The van der Waals surface area contributed by atoms with Gasteiger partial charge in [-0.3, -0.25) is 0 Å². The van der Waals surface area contributed by atoms with Crippen molar-refractivity contribution in [2.45, 2.75) is 12.5 Å². The van der Waals surface area contributed by atoms with Crippen molar-refractivity contribution < 1.29 is 0 Å². The summed E-state index contributed by atoms with van der Waals surface area (Å²) in [6.07, 6.45) is 3.58. The molecule has 3 heterocycles. The molecule has 1 aliphatic heterocycles. The van der Waals surface area contributed by atoms with Crippen molar-refractivity contribution in [2.75, 3.05) is 13.6 Å². The lowest BCUT2D eigenvalue weighted by atomic mass is 9.84. The van der Waals surface area contributed by atoms with Gasteiger partial charge in [0.15, 0.2) is 5.82 Å². The Morgan fingerprint density at radius 2 is 1.93 bits per heavy atom. The van der Waals surface area contributed by atoms with Crippen LogP contribution in [-0.2, 0) is 6.54 Å². The highest BCUT2D eigenvalue weighted by Gasteiger charge is 2.25. The van der Waals surface area contributed by atoms with Crippen LogP contribution in [-0.4, -0.2) is 28.5 Å².